The molecule has 1 heterocycles. The van der Waals surface area contributed by atoms with Crippen LogP contribution >= 0.6 is 0 Å². The van der Waals surface area contributed by atoms with Gasteiger partial charge in [0.1, 0.15) is 5.76 Å². The van der Waals surface area contributed by atoms with Crippen LogP contribution in [0.25, 0.3) is 32.9 Å². The van der Waals surface area contributed by atoms with Crippen LogP contribution in [-0.2, 0) is 0 Å². The van der Waals surface area contributed by atoms with E-state index in [1.165, 1.54) is 0 Å². The molecule has 4 nitrogen and oxygen atoms in total. The maximum absolute atomic E-state index is 14.4. The monoisotopic (exact) mass is 523 g/mol. The zero-order valence-corrected chi connectivity index (χ0v) is 22.7. The van der Waals surface area contributed by atoms with Crippen molar-refractivity contribution < 1.29 is 14.0 Å². The number of rotatable bonds is 6. The molecular weight excluding hydrogens is 494 g/mol. The molecule has 0 aliphatic heterocycles. The van der Waals surface area contributed by atoms with Crippen LogP contribution in [0.2, 0.25) is 0 Å². The first kappa shape index (κ1) is 25.3. The molecule has 0 fully saturated rings. The van der Waals surface area contributed by atoms with E-state index in [-0.39, 0.29) is 28.6 Å². The molecule has 0 spiro atoms. The van der Waals surface area contributed by atoms with Gasteiger partial charge in [-0.3, -0.25) is 9.59 Å². The highest BCUT2D eigenvalue weighted by Crippen LogP contribution is 2.44. The number of anilines is 1. The Hall–Kier alpha value is -4.96. The Morgan fingerprint density at radius 2 is 1.05 bits per heavy atom. The highest BCUT2D eigenvalue weighted by Gasteiger charge is 2.34. The van der Waals surface area contributed by atoms with Gasteiger partial charge in [-0.15, -0.1) is 0 Å². The number of hydrogen-bond acceptors (Lipinski definition) is 4. The lowest BCUT2D eigenvalue weighted by molar-refractivity contribution is 0.100. The van der Waals surface area contributed by atoms with E-state index in [0.717, 1.165) is 27.1 Å². The normalized spacial score (nSPS) is 11.6. The third kappa shape index (κ3) is 4.58. The number of carbonyl (C=O) groups is 2. The Morgan fingerprint density at radius 1 is 0.600 bits per heavy atom. The quantitative estimate of drug-likeness (QED) is 0.175. The van der Waals surface area contributed by atoms with Crippen LogP contribution in [0.5, 0.6) is 0 Å². The molecular formula is C36H29NO3. The Morgan fingerprint density at radius 3 is 1.55 bits per heavy atom. The highest BCUT2D eigenvalue weighted by molar-refractivity contribution is 6.26. The summed E-state index contributed by atoms with van der Waals surface area (Å²) in [6, 6.07) is 36.4. The summed E-state index contributed by atoms with van der Waals surface area (Å²) >= 11 is 0. The summed E-state index contributed by atoms with van der Waals surface area (Å²) < 4.78 is 6.66. The molecule has 0 bridgehead atoms. The minimum absolute atomic E-state index is 0.238. The fourth-order valence-electron chi connectivity index (χ4n) is 5.20. The second-order valence-corrected chi connectivity index (χ2v) is 11.0. The number of carbonyl (C=O) groups excluding carboxylic acids is 2. The topological polar surface area (TPSA) is 59.3 Å². The summed E-state index contributed by atoms with van der Waals surface area (Å²) in [5, 5.41) is 7.32. The predicted molar refractivity (Wildman–Crippen MR) is 162 cm³/mol. The van der Waals surface area contributed by atoms with Crippen LogP contribution in [-0.4, -0.2) is 17.1 Å². The third-order valence-electron chi connectivity index (χ3n) is 6.92. The summed E-state index contributed by atoms with van der Waals surface area (Å²) in [4.78, 5) is 28.6. The molecule has 0 unspecified atom stereocenters. The van der Waals surface area contributed by atoms with Gasteiger partial charge in [-0.05, 0) is 48.4 Å². The molecule has 0 amide bonds. The van der Waals surface area contributed by atoms with Crippen molar-refractivity contribution in [3.8, 4) is 11.3 Å². The zero-order chi connectivity index (χ0) is 27.9. The van der Waals surface area contributed by atoms with Crippen LogP contribution in [0.4, 0.5) is 5.88 Å². The van der Waals surface area contributed by atoms with Crippen LogP contribution in [0.3, 0.4) is 0 Å². The Labute approximate surface area is 233 Å². The third-order valence-corrected chi connectivity index (χ3v) is 6.92. The number of benzene rings is 5. The van der Waals surface area contributed by atoms with Gasteiger partial charge in [0.15, 0.2) is 11.6 Å². The SMILES string of the molecule is CC(C)(C)Nc1oc(-c2c3ccccc3cc3ccccc23)c(C(=O)c2ccccc2)c1C(=O)c1ccccc1. The molecule has 1 aromatic heterocycles. The van der Waals surface area contributed by atoms with Gasteiger partial charge in [0.2, 0.25) is 5.88 Å². The molecule has 6 aromatic rings. The lowest BCUT2D eigenvalue weighted by Crippen LogP contribution is -2.27. The molecule has 40 heavy (non-hydrogen) atoms. The maximum Gasteiger partial charge on any atom is 0.206 e. The summed E-state index contributed by atoms with van der Waals surface area (Å²) in [6.07, 6.45) is 0. The fraction of sp³-hybridized carbons (Fsp3) is 0.111. The fourth-order valence-corrected chi connectivity index (χ4v) is 5.20. The minimum atomic E-state index is -0.436. The van der Waals surface area contributed by atoms with Crippen molar-refractivity contribution in [2.75, 3.05) is 5.32 Å². The molecule has 6 rings (SSSR count). The van der Waals surface area contributed by atoms with Crippen molar-refractivity contribution in [1.82, 2.24) is 0 Å². The van der Waals surface area contributed by atoms with Crippen LogP contribution in [0, 0.1) is 0 Å². The van der Waals surface area contributed by atoms with E-state index in [1.807, 2.05) is 93.6 Å². The van der Waals surface area contributed by atoms with Crippen LogP contribution < -0.4 is 5.32 Å². The van der Waals surface area contributed by atoms with Crippen molar-refractivity contribution in [3.05, 3.63) is 138 Å². The van der Waals surface area contributed by atoms with E-state index in [0.29, 0.717) is 16.9 Å². The molecule has 5 aromatic carbocycles. The van der Waals surface area contributed by atoms with Gasteiger partial charge in [0, 0.05) is 22.2 Å². The van der Waals surface area contributed by atoms with Gasteiger partial charge in [0.25, 0.3) is 0 Å². The summed E-state index contributed by atoms with van der Waals surface area (Å²) in [7, 11) is 0. The van der Waals surface area contributed by atoms with Gasteiger partial charge in [-0.25, -0.2) is 0 Å². The lowest BCUT2D eigenvalue weighted by Gasteiger charge is -2.21. The average molecular weight is 524 g/mol. The number of ketones is 2. The summed E-state index contributed by atoms with van der Waals surface area (Å²) in [5.74, 6) is 0.129. The largest absolute Gasteiger partial charge is 0.439 e. The average Bonchev–Trinajstić information content (AvgIpc) is 3.32. The smallest absolute Gasteiger partial charge is 0.206 e. The molecule has 0 saturated carbocycles. The summed E-state index contributed by atoms with van der Waals surface area (Å²) in [6.45, 7) is 5.99. The van der Waals surface area contributed by atoms with Crippen molar-refractivity contribution in [1.29, 1.82) is 0 Å². The molecule has 0 aliphatic carbocycles. The second kappa shape index (κ2) is 9.97. The van der Waals surface area contributed by atoms with E-state index in [1.54, 1.807) is 24.3 Å². The van der Waals surface area contributed by atoms with Gasteiger partial charge in [-0.1, -0.05) is 109 Å². The van der Waals surface area contributed by atoms with Crippen LogP contribution in [0.15, 0.2) is 120 Å². The maximum atomic E-state index is 14.4. The first-order chi connectivity index (χ1) is 19.3. The molecule has 0 radical (unpaired) electrons. The van der Waals surface area contributed by atoms with E-state index < -0.39 is 5.54 Å². The minimum Gasteiger partial charge on any atom is -0.439 e. The number of fused-ring (bicyclic) bond motifs is 2. The Bertz CT molecular complexity index is 1820. The standard InChI is InChI=1S/C36H29NO3/c1-36(2,3)37-35-31(33(39)24-16-8-5-9-17-24)30(32(38)23-14-6-4-7-15-23)34(40-35)29-27-20-12-10-18-25(27)22-26-19-11-13-21-28(26)29/h4-22,37H,1-3H3. The van der Waals surface area contributed by atoms with Crippen molar-refractivity contribution in [2.24, 2.45) is 0 Å². The van der Waals surface area contributed by atoms with Gasteiger partial charge in [-0.2, -0.15) is 0 Å². The molecule has 4 heteroatoms. The van der Waals surface area contributed by atoms with Crippen molar-refractivity contribution in [3.63, 3.8) is 0 Å². The van der Waals surface area contributed by atoms with Gasteiger partial charge < -0.3 is 9.73 Å². The zero-order valence-electron chi connectivity index (χ0n) is 22.7. The number of furan rings is 1. The molecule has 196 valence electrons. The van der Waals surface area contributed by atoms with Gasteiger partial charge >= 0.3 is 0 Å². The summed E-state index contributed by atoms with van der Waals surface area (Å²) in [5.41, 5.74) is 1.82. The Kier molecular flexibility index (Phi) is 6.31. The molecule has 0 saturated heterocycles. The first-order valence-electron chi connectivity index (χ1n) is 13.4. The molecule has 1 N–H and O–H groups in total. The predicted octanol–water partition coefficient (Wildman–Crippen LogP) is 8.93. The van der Waals surface area contributed by atoms with E-state index in [9.17, 15) is 9.59 Å². The van der Waals surface area contributed by atoms with Crippen molar-refractivity contribution in [2.45, 2.75) is 26.3 Å². The molecule has 0 atom stereocenters. The van der Waals surface area contributed by atoms with Crippen LogP contribution in [0.1, 0.15) is 52.6 Å². The van der Waals surface area contributed by atoms with E-state index in [4.69, 9.17) is 4.42 Å². The Balaban J connectivity index is 1.76. The lowest BCUT2D eigenvalue weighted by atomic mass is 9.89. The van der Waals surface area contributed by atoms with E-state index >= 15 is 0 Å². The first-order valence-corrected chi connectivity index (χ1v) is 13.4. The van der Waals surface area contributed by atoms with E-state index in [2.05, 4.69) is 23.5 Å². The van der Waals surface area contributed by atoms with Gasteiger partial charge in [0.05, 0.1) is 11.1 Å². The van der Waals surface area contributed by atoms with Crippen molar-refractivity contribution >= 4 is 39.0 Å². The highest BCUT2D eigenvalue weighted by atomic mass is 16.4. The second-order valence-electron chi connectivity index (χ2n) is 11.0. The number of hydrogen-bond donors (Lipinski definition) is 1. The number of nitrogens with one attached hydrogen (secondary N) is 1. The molecule has 0 aliphatic rings.